The largest absolute Gasteiger partial charge is 0.310 e. The predicted octanol–water partition coefficient (Wildman–Crippen LogP) is 14.1. The Balaban J connectivity index is 1.20. The first-order valence-corrected chi connectivity index (χ1v) is 20.5. The van der Waals surface area contributed by atoms with Gasteiger partial charge in [0.25, 0.3) is 0 Å². The molecule has 0 N–H and O–H groups in total. The molecule has 1 aliphatic rings. The first-order valence-electron chi connectivity index (χ1n) is 20.5. The highest BCUT2D eigenvalue weighted by molar-refractivity contribution is 6.19. The van der Waals surface area contributed by atoms with Crippen molar-refractivity contribution < 1.29 is 0 Å². The molecule has 13 rings (SSSR count). The van der Waals surface area contributed by atoms with E-state index in [0.717, 1.165) is 17.1 Å². The second-order valence-corrected chi connectivity index (χ2v) is 16.6. The third-order valence-corrected chi connectivity index (χ3v) is 13.1. The molecule has 278 valence electrons. The molecule has 4 aromatic heterocycles. The van der Waals surface area contributed by atoms with Gasteiger partial charge in [-0.2, -0.15) is 0 Å². The van der Waals surface area contributed by atoms with Crippen LogP contribution >= 0.6 is 0 Å². The molecule has 0 fully saturated rings. The Bertz CT molecular complexity index is 3630. The summed E-state index contributed by atoms with van der Waals surface area (Å²) in [6.07, 6.45) is 0. The zero-order valence-corrected chi connectivity index (χ0v) is 32.8. The number of para-hydroxylation sites is 5. The fourth-order valence-electron chi connectivity index (χ4n) is 10.6. The van der Waals surface area contributed by atoms with Crippen molar-refractivity contribution in [2.45, 2.75) is 19.3 Å². The molecule has 0 bridgehead atoms. The van der Waals surface area contributed by atoms with E-state index in [1.54, 1.807) is 0 Å². The molecule has 0 amide bonds. The summed E-state index contributed by atoms with van der Waals surface area (Å²) < 4.78 is 10.0. The van der Waals surface area contributed by atoms with Crippen LogP contribution in [-0.2, 0) is 5.41 Å². The van der Waals surface area contributed by atoms with Gasteiger partial charge in [0, 0.05) is 54.8 Å². The van der Waals surface area contributed by atoms with Crippen LogP contribution in [0.15, 0.2) is 194 Å². The van der Waals surface area contributed by atoms with Crippen LogP contribution in [0.5, 0.6) is 0 Å². The van der Waals surface area contributed by atoms with Crippen LogP contribution in [0.25, 0.3) is 99.4 Å². The Kier molecular flexibility index (Phi) is 6.48. The molecule has 1 aliphatic heterocycles. The van der Waals surface area contributed by atoms with Gasteiger partial charge in [0.2, 0.25) is 0 Å². The minimum Gasteiger partial charge on any atom is -0.310 e. The summed E-state index contributed by atoms with van der Waals surface area (Å²) in [5.74, 6) is 0. The summed E-state index contributed by atoms with van der Waals surface area (Å²) in [6.45, 7) is 4.81. The molecule has 59 heavy (non-hydrogen) atoms. The Morgan fingerprint density at radius 1 is 0.356 bits per heavy atom. The second kappa shape index (κ2) is 11.7. The summed E-state index contributed by atoms with van der Waals surface area (Å²) in [5, 5.41) is 7.52. The molecule has 0 saturated heterocycles. The summed E-state index contributed by atoms with van der Waals surface area (Å²) in [5.41, 5.74) is 16.8. The number of hydrogen-bond acceptors (Lipinski definition) is 0. The smallest absolute Gasteiger partial charge is 0.0770 e. The molecule has 0 atom stereocenters. The highest BCUT2D eigenvalue weighted by Crippen LogP contribution is 2.54. The lowest BCUT2D eigenvalue weighted by atomic mass is 9.83. The minimum absolute atomic E-state index is 0.267. The normalized spacial score (nSPS) is 13.4. The minimum atomic E-state index is -0.267. The van der Waals surface area contributed by atoms with Gasteiger partial charge in [0.1, 0.15) is 0 Å². The Morgan fingerprint density at radius 2 is 0.831 bits per heavy atom. The third kappa shape index (κ3) is 4.27. The van der Waals surface area contributed by atoms with Crippen LogP contribution in [0.3, 0.4) is 0 Å². The van der Waals surface area contributed by atoms with E-state index in [0.29, 0.717) is 0 Å². The van der Waals surface area contributed by atoms with Crippen LogP contribution in [0.1, 0.15) is 25.1 Å². The van der Waals surface area contributed by atoms with Gasteiger partial charge >= 0.3 is 0 Å². The molecular weight excluding hydrogens is 717 g/mol. The van der Waals surface area contributed by atoms with Crippen molar-refractivity contribution in [2.75, 3.05) is 0 Å². The Labute approximate surface area is 341 Å². The van der Waals surface area contributed by atoms with E-state index in [2.05, 4.69) is 226 Å². The lowest BCUT2D eigenvalue weighted by molar-refractivity contribution is 0.646. The van der Waals surface area contributed by atoms with Crippen LogP contribution < -0.4 is 0 Å². The zero-order valence-electron chi connectivity index (χ0n) is 32.8. The SMILES string of the molecule is CC1(C)c2ccccc2-n2c(-c3ccccc3)c3c4cc(-n5c6ccccc6c6ccccc65)ccc4n(-c4ccc5c(c4)c4ccccc4n5-c4ccccc4)c3c21. The van der Waals surface area contributed by atoms with E-state index >= 15 is 0 Å². The molecule has 8 aromatic carbocycles. The van der Waals surface area contributed by atoms with E-state index in [9.17, 15) is 0 Å². The van der Waals surface area contributed by atoms with Crippen molar-refractivity contribution in [2.24, 2.45) is 0 Å². The van der Waals surface area contributed by atoms with Gasteiger partial charge in [0.05, 0.1) is 50.2 Å². The average molecular weight is 755 g/mol. The van der Waals surface area contributed by atoms with Gasteiger partial charge in [0.15, 0.2) is 0 Å². The second-order valence-electron chi connectivity index (χ2n) is 16.6. The van der Waals surface area contributed by atoms with Crippen LogP contribution in [0.2, 0.25) is 0 Å². The monoisotopic (exact) mass is 754 g/mol. The van der Waals surface area contributed by atoms with Crippen molar-refractivity contribution in [1.29, 1.82) is 0 Å². The van der Waals surface area contributed by atoms with Gasteiger partial charge in [-0.25, -0.2) is 0 Å². The van der Waals surface area contributed by atoms with Gasteiger partial charge in [-0.05, 0) is 83.9 Å². The molecule has 4 nitrogen and oxygen atoms in total. The fourth-order valence-corrected chi connectivity index (χ4v) is 10.6. The van der Waals surface area contributed by atoms with E-state index in [4.69, 9.17) is 0 Å². The van der Waals surface area contributed by atoms with E-state index in [1.807, 2.05) is 0 Å². The Morgan fingerprint density at radius 3 is 1.49 bits per heavy atom. The molecule has 0 unspecified atom stereocenters. The van der Waals surface area contributed by atoms with Gasteiger partial charge in [-0.1, -0.05) is 135 Å². The van der Waals surface area contributed by atoms with Crippen molar-refractivity contribution in [3.63, 3.8) is 0 Å². The fraction of sp³-hybridized carbons (Fsp3) is 0.0545. The van der Waals surface area contributed by atoms with E-state index in [-0.39, 0.29) is 5.41 Å². The van der Waals surface area contributed by atoms with Gasteiger partial charge < -0.3 is 18.3 Å². The molecular formula is C55H38N4. The standard InChI is InChI=1S/C55H38N4/c1-55(2)44-24-12-16-28-50(44)59-52(35-17-5-3-6-18-35)51-43-34-37(57-45-25-13-9-21-39(45)40-22-10-14-26-46(40)57)29-32-49(43)58(53(51)54(55)59)38-30-31-48-42(33-38)41-23-11-15-27-47(41)56(48)36-19-7-4-8-20-36/h3-34H,1-2H3. The van der Waals surface area contributed by atoms with E-state index in [1.165, 1.54) is 93.6 Å². The summed E-state index contributed by atoms with van der Waals surface area (Å²) in [7, 11) is 0. The maximum absolute atomic E-state index is 2.58. The number of aromatic nitrogens is 4. The maximum Gasteiger partial charge on any atom is 0.0770 e. The number of nitrogens with zero attached hydrogens (tertiary/aromatic N) is 4. The van der Waals surface area contributed by atoms with Crippen LogP contribution in [0, 0.1) is 0 Å². The maximum atomic E-state index is 2.58. The topological polar surface area (TPSA) is 19.7 Å². The average Bonchev–Trinajstić information content (AvgIpc) is 4.05. The van der Waals surface area contributed by atoms with Gasteiger partial charge in [-0.15, -0.1) is 0 Å². The first-order chi connectivity index (χ1) is 29.1. The summed E-state index contributed by atoms with van der Waals surface area (Å²) >= 11 is 0. The molecule has 12 aromatic rings. The molecule has 5 heterocycles. The molecule has 0 spiro atoms. The lowest BCUT2D eigenvalue weighted by Crippen LogP contribution is -2.16. The van der Waals surface area contributed by atoms with Crippen molar-refractivity contribution >= 4 is 65.4 Å². The summed E-state index contributed by atoms with van der Waals surface area (Å²) in [6, 6.07) is 71.4. The zero-order chi connectivity index (χ0) is 39.0. The Hall–Kier alpha value is -7.56. The molecule has 0 saturated carbocycles. The predicted molar refractivity (Wildman–Crippen MR) is 246 cm³/mol. The number of rotatable bonds is 4. The van der Waals surface area contributed by atoms with Crippen LogP contribution in [0.4, 0.5) is 0 Å². The number of benzene rings is 8. The number of fused-ring (bicyclic) bond motifs is 13. The van der Waals surface area contributed by atoms with Crippen molar-refractivity contribution in [1.82, 2.24) is 18.3 Å². The highest BCUT2D eigenvalue weighted by atomic mass is 15.1. The highest BCUT2D eigenvalue weighted by Gasteiger charge is 2.42. The first kappa shape index (κ1) is 32.5. The molecule has 0 aliphatic carbocycles. The van der Waals surface area contributed by atoms with Gasteiger partial charge in [-0.3, -0.25) is 0 Å². The van der Waals surface area contributed by atoms with Crippen molar-refractivity contribution in [3.05, 3.63) is 205 Å². The van der Waals surface area contributed by atoms with Crippen LogP contribution in [-0.4, -0.2) is 18.3 Å². The van der Waals surface area contributed by atoms with Crippen molar-refractivity contribution in [3.8, 4) is 34.0 Å². The number of hydrogen-bond donors (Lipinski definition) is 0. The summed E-state index contributed by atoms with van der Waals surface area (Å²) in [4.78, 5) is 0. The lowest BCUT2D eigenvalue weighted by Gasteiger charge is -2.21. The van der Waals surface area contributed by atoms with E-state index < -0.39 is 0 Å². The molecule has 4 heteroatoms. The molecule has 0 radical (unpaired) electrons. The quantitative estimate of drug-likeness (QED) is 0.170. The third-order valence-electron chi connectivity index (χ3n) is 13.1.